The number of hydrogen-bond acceptors (Lipinski definition) is 3. The maximum atomic E-state index is 13.8. The Labute approximate surface area is 120 Å². The summed E-state index contributed by atoms with van der Waals surface area (Å²) in [7, 11) is 0. The minimum atomic E-state index is -0.287. The molecule has 0 amide bonds. The zero-order valence-electron chi connectivity index (χ0n) is 10.6. The van der Waals surface area contributed by atoms with E-state index in [1.165, 1.54) is 6.07 Å². The van der Waals surface area contributed by atoms with Crippen LogP contribution in [0.1, 0.15) is 24.4 Å². The van der Waals surface area contributed by atoms with Gasteiger partial charge in [0.2, 0.25) is 0 Å². The molecule has 0 saturated carbocycles. The zero-order valence-corrected chi connectivity index (χ0v) is 12.2. The molecule has 2 heterocycles. The Hall–Kier alpha value is -1.33. The van der Waals surface area contributed by atoms with Crippen LogP contribution in [0.2, 0.25) is 0 Å². The number of nitrogens with zero attached hydrogens (tertiary/aromatic N) is 2. The number of rotatable bonds is 5. The van der Waals surface area contributed by atoms with Gasteiger partial charge >= 0.3 is 0 Å². The van der Waals surface area contributed by atoms with Crippen LogP contribution in [0, 0.1) is 5.82 Å². The molecule has 0 spiro atoms. The molecule has 1 atom stereocenters. The molecule has 0 saturated heterocycles. The highest BCUT2D eigenvalue weighted by atomic mass is 79.9. The summed E-state index contributed by atoms with van der Waals surface area (Å²) in [6.45, 7) is 2.74. The van der Waals surface area contributed by atoms with Crippen LogP contribution in [0.5, 0.6) is 0 Å². The summed E-state index contributed by atoms with van der Waals surface area (Å²) in [5.41, 5.74) is 1.34. The maximum Gasteiger partial charge on any atom is 0.146 e. The van der Waals surface area contributed by atoms with Crippen LogP contribution in [0.3, 0.4) is 0 Å². The third-order valence-corrected chi connectivity index (χ3v) is 3.24. The Balaban J connectivity index is 2.21. The molecular formula is C14H15BrFN3. The molecule has 19 heavy (non-hydrogen) atoms. The van der Waals surface area contributed by atoms with E-state index < -0.39 is 0 Å². The van der Waals surface area contributed by atoms with Crippen molar-refractivity contribution < 1.29 is 4.39 Å². The Morgan fingerprint density at radius 2 is 2.16 bits per heavy atom. The fourth-order valence-corrected chi connectivity index (χ4v) is 2.14. The highest BCUT2D eigenvalue weighted by Crippen LogP contribution is 2.19. The van der Waals surface area contributed by atoms with Crippen molar-refractivity contribution in [2.75, 3.05) is 6.54 Å². The molecule has 1 N–H and O–H groups in total. The number of halogens is 2. The molecule has 0 aliphatic heterocycles. The second-order valence-corrected chi connectivity index (χ2v) is 5.07. The van der Waals surface area contributed by atoms with E-state index in [9.17, 15) is 4.39 Å². The lowest BCUT2D eigenvalue weighted by atomic mass is 10.1. The highest BCUT2D eigenvalue weighted by Gasteiger charge is 2.17. The van der Waals surface area contributed by atoms with Crippen molar-refractivity contribution >= 4 is 15.9 Å². The first-order chi connectivity index (χ1) is 9.20. The molecule has 100 valence electrons. The summed E-state index contributed by atoms with van der Waals surface area (Å²) in [6, 6.07) is 6.72. The summed E-state index contributed by atoms with van der Waals surface area (Å²) >= 11 is 3.35. The predicted molar refractivity (Wildman–Crippen MR) is 76.3 cm³/mol. The van der Waals surface area contributed by atoms with E-state index in [1.807, 2.05) is 19.1 Å². The summed E-state index contributed by atoms with van der Waals surface area (Å²) in [5, 5.41) is 3.25. The Morgan fingerprint density at radius 1 is 1.32 bits per heavy atom. The summed E-state index contributed by atoms with van der Waals surface area (Å²) in [4.78, 5) is 8.45. The molecule has 5 heteroatoms. The minimum Gasteiger partial charge on any atom is -0.308 e. The summed E-state index contributed by atoms with van der Waals surface area (Å²) in [5.74, 6) is -0.287. The second-order valence-electron chi connectivity index (χ2n) is 4.15. The molecule has 0 fully saturated rings. The molecule has 3 nitrogen and oxygen atoms in total. The number of nitrogens with one attached hydrogen (secondary N) is 1. The van der Waals surface area contributed by atoms with Gasteiger partial charge in [-0.15, -0.1) is 0 Å². The largest absolute Gasteiger partial charge is 0.308 e. The topological polar surface area (TPSA) is 37.8 Å². The van der Waals surface area contributed by atoms with Crippen molar-refractivity contribution in [3.8, 4) is 0 Å². The molecule has 0 radical (unpaired) electrons. The van der Waals surface area contributed by atoms with E-state index >= 15 is 0 Å². The van der Waals surface area contributed by atoms with Crippen LogP contribution in [0.25, 0.3) is 0 Å². The lowest BCUT2D eigenvalue weighted by Gasteiger charge is -2.17. The zero-order chi connectivity index (χ0) is 13.7. The van der Waals surface area contributed by atoms with Gasteiger partial charge in [-0.1, -0.05) is 6.92 Å². The smallest absolute Gasteiger partial charge is 0.146 e. The van der Waals surface area contributed by atoms with Gasteiger partial charge in [-0.2, -0.15) is 0 Å². The van der Waals surface area contributed by atoms with Crippen molar-refractivity contribution in [3.05, 3.63) is 58.3 Å². The van der Waals surface area contributed by atoms with Crippen molar-refractivity contribution in [1.29, 1.82) is 0 Å². The molecule has 2 aromatic heterocycles. The first-order valence-electron chi connectivity index (χ1n) is 6.15. The average Bonchev–Trinajstić information content (AvgIpc) is 2.41. The van der Waals surface area contributed by atoms with Crippen molar-refractivity contribution in [2.24, 2.45) is 0 Å². The van der Waals surface area contributed by atoms with E-state index in [2.05, 4.69) is 31.2 Å². The molecule has 2 aromatic rings. The third kappa shape index (κ3) is 3.81. The monoisotopic (exact) mass is 323 g/mol. The lowest BCUT2D eigenvalue weighted by molar-refractivity contribution is 0.491. The van der Waals surface area contributed by atoms with Gasteiger partial charge in [0.25, 0.3) is 0 Å². The Morgan fingerprint density at radius 3 is 2.79 bits per heavy atom. The molecule has 2 rings (SSSR count). The first-order valence-corrected chi connectivity index (χ1v) is 6.94. The van der Waals surface area contributed by atoms with Crippen LogP contribution in [0.15, 0.2) is 41.1 Å². The van der Waals surface area contributed by atoms with Crippen LogP contribution in [-0.2, 0) is 6.42 Å². The third-order valence-electron chi connectivity index (χ3n) is 2.77. The van der Waals surface area contributed by atoms with Crippen LogP contribution in [-0.4, -0.2) is 16.5 Å². The summed E-state index contributed by atoms with van der Waals surface area (Å²) < 4.78 is 14.7. The molecule has 1 unspecified atom stereocenters. The van der Waals surface area contributed by atoms with Gasteiger partial charge in [-0.3, -0.25) is 9.97 Å². The molecule has 0 bridgehead atoms. The lowest BCUT2D eigenvalue weighted by Crippen LogP contribution is -2.25. The standard InChI is InChI=1S/C14H15BrFN3/c1-2-17-13(14-12(16)4-3-7-18-14)8-11-6-5-10(15)9-19-11/h3-7,9,13,17H,2,8H2,1H3. The number of aromatic nitrogens is 2. The van der Waals surface area contributed by atoms with Crippen molar-refractivity contribution in [2.45, 2.75) is 19.4 Å². The molecule has 0 aliphatic carbocycles. The van der Waals surface area contributed by atoms with Gasteiger partial charge in [0.1, 0.15) is 5.82 Å². The van der Waals surface area contributed by atoms with Gasteiger partial charge in [-0.25, -0.2) is 4.39 Å². The van der Waals surface area contributed by atoms with Gasteiger partial charge in [0.05, 0.1) is 11.7 Å². The van der Waals surface area contributed by atoms with Crippen LogP contribution >= 0.6 is 15.9 Å². The van der Waals surface area contributed by atoms with Gasteiger partial charge in [0.15, 0.2) is 0 Å². The van der Waals surface area contributed by atoms with E-state index in [0.29, 0.717) is 12.1 Å². The average molecular weight is 324 g/mol. The van der Waals surface area contributed by atoms with Crippen LogP contribution in [0.4, 0.5) is 4.39 Å². The van der Waals surface area contributed by atoms with E-state index in [-0.39, 0.29) is 11.9 Å². The minimum absolute atomic E-state index is 0.167. The van der Waals surface area contributed by atoms with Crippen molar-refractivity contribution in [1.82, 2.24) is 15.3 Å². The maximum absolute atomic E-state index is 13.8. The number of pyridine rings is 2. The van der Waals surface area contributed by atoms with E-state index in [1.54, 1.807) is 18.5 Å². The fraction of sp³-hybridized carbons (Fsp3) is 0.286. The SMILES string of the molecule is CCNC(Cc1ccc(Br)cn1)c1ncccc1F. The van der Waals surface area contributed by atoms with Gasteiger partial charge in [-0.05, 0) is 46.7 Å². The Kier molecular flexibility index (Phi) is 4.99. The highest BCUT2D eigenvalue weighted by molar-refractivity contribution is 9.10. The van der Waals surface area contributed by atoms with E-state index in [0.717, 1.165) is 16.7 Å². The van der Waals surface area contributed by atoms with Crippen molar-refractivity contribution in [3.63, 3.8) is 0 Å². The first kappa shape index (κ1) is 14.1. The normalized spacial score (nSPS) is 12.4. The molecule has 0 aliphatic rings. The number of hydrogen-bond donors (Lipinski definition) is 1. The fourth-order valence-electron chi connectivity index (χ4n) is 1.90. The molecular weight excluding hydrogens is 309 g/mol. The number of likely N-dealkylation sites (N-methyl/N-ethyl adjacent to an activating group) is 1. The van der Waals surface area contributed by atoms with E-state index in [4.69, 9.17) is 0 Å². The van der Waals surface area contributed by atoms with Crippen LogP contribution < -0.4 is 5.32 Å². The second kappa shape index (κ2) is 6.73. The quantitative estimate of drug-likeness (QED) is 0.917. The molecule has 0 aromatic carbocycles. The van der Waals surface area contributed by atoms with Gasteiger partial charge in [0, 0.05) is 29.0 Å². The van der Waals surface area contributed by atoms with Gasteiger partial charge < -0.3 is 5.32 Å². The summed E-state index contributed by atoms with van der Waals surface area (Å²) in [6.07, 6.45) is 3.96. The Bertz CT molecular complexity index is 530. The predicted octanol–water partition coefficient (Wildman–Crippen LogP) is 3.27.